The smallest absolute Gasteiger partial charge is 0.123 e. The second-order valence-electron chi connectivity index (χ2n) is 5.55. The van der Waals surface area contributed by atoms with Crippen LogP contribution in [0, 0.1) is 5.82 Å². The summed E-state index contributed by atoms with van der Waals surface area (Å²) in [5.41, 5.74) is 1.03. The molecule has 2 unspecified atom stereocenters. The van der Waals surface area contributed by atoms with Gasteiger partial charge < -0.3 is 5.32 Å². The van der Waals surface area contributed by atoms with Crippen LogP contribution in [0.5, 0.6) is 0 Å². The van der Waals surface area contributed by atoms with Crippen LogP contribution in [0.3, 0.4) is 0 Å². The quantitative estimate of drug-likeness (QED) is 0.603. The second kappa shape index (κ2) is 9.08. The van der Waals surface area contributed by atoms with E-state index in [-0.39, 0.29) is 11.9 Å². The van der Waals surface area contributed by atoms with Gasteiger partial charge in [0.1, 0.15) is 5.82 Å². The molecule has 0 aliphatic carbocycles. The highest BCUT2D eigenvalue weighted by molar-refractivity contribution is 5.19. The zero-order valence-corrected chi connectivity index (χ0v) is 12.6. The Hall–Kier alpha value is -0.890. The molecule has 19 heavy (non-hydrogen) atoms. The molecule has 1 aromatic rings. The van der Waals surface area contributed by atoms with E-state index in [0.717, 1.165) is 5.56 Å². The summed E-state index contributed by atoms with van der Waals surface area (Å²) in [5, 5.41) is 3.55. The van der Waals surface area contributed by atoms with Gasteiger partial charge in [-0.2, -0.15) is 0 Å². The highest BCUT2D eigenvalue weighted by atomic mass is 19.1. The molecule has 0 amide bonds. The van der Waals surface area contributed by atoms with Crippen LogP contribution in [-0.4, -0.2) is 6.04 Å². The van der Waals surface area contributed by atoms with Gasteiger partial charge in [-0.3, -0.25) is 0 Å². The third-order valence-corrected chi connectivity index (χ3v) is 3.62. The van der Waals surface area contributed by atoms with Gasteiger partial charge in [0, 0.05) is 12.1 Å². The van der Waals surface area contributed by atoms with E-state index in [9.17, 15) is 4.39 Å². The average molecular weight is 265 g/mol. The fraction of sp³-hybridized carbons (Fsp3) is 0.647. The molecular weight excluding hydrogens is 237 g/mol. The van der Waals surface area contributed by atoms with Gasteiger partial charge in [0.25, 0.3) is 0 Å². The zero-order chi connectivity index (χ0) is 14.1. The third kappa shape index (κ3) is 6.72. The third-order valence-electron chi connectivity index (χ3n) is 3.62. The van der Waals surface area contributed by atoms with Gasteiger partial charge in [-0.15, -0.1) is 0 Å². The number of halogens is 1. The lowest BCUT2D eigenvalue weighted by Crippen LogP contribution is -2.28. The number of unbranched alkanes of at least 4 members (excludes halogenated alkanes) is 4. The van der Waals surface area contributed by atoms with E-state index in [2.05, 4.69) is 26.1 Å². The lowest BCUT2D eigenvalue weighted by Gasteiger charge is -2.20. The van der Waals surface area contributed by atoms with Crippen LogP contribution >= 0.6 is 0 Å². The van der Waals surface area contributed by atoms with Crippen LogP contribution in [0.15, 0.2) is 24.3 Å². The highest BCUT2D eigenvalue weighted by Crippen LogP contribution is 2.15. The minimum atomic E-state index is -0.154. The molecule has 0 saturated heterocycles. The van der Waals surface area contributed by atoms with Gasteiger partial charge in [0.15, 0.2) is 0 Å². The molecule has 0 saturated carbocycles. The summed E-state index contributed by atoms with van der Waals surface area (Å²) >= 11 is 0. The maximum Gasteiger partial charge on any atom is 0.123 e. The Balaban J connectivity index is 2.26. The lowest BCUT2D eigenvalue weighted by molar-refractivity contribution is 0.435. The Morgan fingerprint density at radius 2 is 1.84 bits per heavy atom. The number of nitrogens with one attached hydrogen (secondary N) is 1. The highest BCUT2D eigenvalue weighted by Gasteiger charge is 2.09. The summed E-state index contributed by atoms with van der Waals surface area (Å²) in [4.78, 5) is 0. The van der Waals surface area contributed by atoms with Crippen LogP contribution in [0.4, 0.5) is 4.39 Å². The van der Waals surface area contributed by atoms with Crippen molar-refractivity contribution in [2.45, 2.75) is 71.4 Å². The topological polar surface area (TPSA) is 12.0 Å². The predicted octanol–water partition coefficient (Wildman–Crippen LogP) is 5.23. The van der Waals surface area contributed by atoms with E-state index < -0.39 is 0 Å². The van der Waals surface area contributed by atoms with Crippen molar-refractivity contribution in [2.75, 3.05) is 0 Å². The first-order valence-corrected chi connectivity index (χ1v) is 7.65. The molecule has 1 N–H and O–H groups in total. The van der Waals surface area contributed by atoms with E-state index >= 15 is 0 Å². The lowest BCUT2D eigenvalue weighted by atomic mass is 10.0. The van der Waals surface area contributed by atoms with E-state index in [1.165, 1.54) is 44.6 Å². The van der Waals surface area contributed by atoms with E-state index in [1.54, 1.807) is 12.1 Å². The molecule has 0 aromatic heterocycles. The largest absolute Gasteiger partial charge is 0.308 e. The summed E-state index contributed by atoms with van der Waals surface area (Å²) in [6.07, 6.45) is 7.80. The summed E-state index contributed by atoms with van der Waals surface area (Å²) in [6, 6.07) is 7.56. The maximum absolute atomic E-state index is 13.2. The van der Waals surface area contributed by atoms with Crippen molar-refractivity contribution in [3.05, 3.63) is 35.6 Å². The molecule has 1 aromatic carbocycles. The monoisotopic (exact) mass is 265 g/mol. The number of rotatable bonds is 9. The average Bonchev–Trinajstić information content (AvgIpc) is 2.38. The molecule has 0 heterocycles. The normalized spacial score (nSPS) is 14.3. The second-order valence-corrected chi connectivity index (χ2v) is 5.55. The number of benzene rings is 1. The maximum atomic E-state index is 13.2. The zero-order valence-electron chi connectivity index (χ0n) is 12.6. The molecule has 0 bridgehead atoms. The molecule has 2 heteroatoms. The standard InChI is InChI=1S/C17H28FN/c1-4-5-6-7-8-10-14(2)19-15(3)16-11-9-12-17(18)13-16/h9,11-15,19H,4-8,10H2,1-3H3. The molecular formula is C17H28FN. The summed E-state index contributed by atoms with van der Waals surface area (Å²) in [6.45, 7) is 6.56. The van der Waals surface area contributed by atoms with E-state index in [1.807, 2.05) is 6.07 Å². The Labute approximate surface area is 117 Å². The van der Waals surface area contributed by atoms with Crippen molar-refractivity contribution in [2.24, 2.45) is 0 Å². The molecule has 0 fully saturated rings. The van der Waals surface area contributed by atoms with Crippen LogP contribution in [0.25, 0.3) is 0 Å². The SMILES string of the molecule is CCCCCCCC(C)NC(C)c1cccc(F)c1. The van der Waals surface area contributed by atoms with E-state index in [0.29, 0.717) is 6.04 Å². The molecule has 2 atom stereocenters. The van der Waals surface area contributed by atoms with Gasteiger partial charge in [0.05, 0.1) is 0 Å². The fourth-order valence-corrected chi connectivity index (χ4v) is 2.44. The minimum Gasteiger partial charge on any atom is -0.308 e. The summed E-state index contributed by atoms with van der Waals surface area (Å²) in [7, 11) is 0. The number of hydrogen-bond acceptors (Lipinski definition) is 1. The van der Waals surface area contributed by atoms with Crippen molar-refractivity contribution < 1.29 is 4.39 Å². The van der Waals surface area contributed by atoms with E-state index in [4.69, 9.17) is 0 Å². The Morgan fingerprint density at radius 3 is 2.53 bits per heavy atom. The van der Waals surface area contributed by atoms with Gasteiger partial charge >= 0.3 is 0 Å². The van der Waals surface area contributed by atoms with Gasteiger partial charge in [-0.05, 0) is 38.0 Å². The molecule has 0 radical (unpaired) electrons. The first-order valence-electron chi connectivity index (χ1n) is 7.65. The Bertz CT molecular complexity index is 351. The van der Waals surface area contributed by atoms with Crippen LogP contribution < -0.4 is 5.32 Å². The van der Waals surface area contributed by atoms with Crippen molar-refractivity contribution in [1.29, 1.82) is 0 Å². The van der Waals surface area contributed by atoms with Crippen molar-refractivity contribution in [1.82, 2.24) is 5.32 Å². The number of hydrogen-bond donors (Lipinski definition) is 1. The Kier molecular flexibility index (Phi) is 7.73. The van der Waals surface area contributed by atoms with Crippen molar-refractivity contribution in [3.8, 4) is 0 Å². The summed E-state index contributed by atoms with van der Waals surface area (Å²) in [5.74, 6) is -0.154. The molecule has 1 rings (SSSR count). The van der Waals surface area contributed by atoms with Gasteiger partial charge in [-0.25, -0.2) is 4.39 Å². The summed E-state index contributed by atoms with van der Waals surface area (Å²) < 4.78 is 13.2. The van der Waals surface area contributed by atoms with Gasteiger partial charge in [0.2, 0.25) is 0 Å². The Morgan fingerprint density at radius 1 is 1.11 bits per heavy atom. The minimum absolute atomic E-state index is 0.154. The predicted molar refractivity (Wildman–Crippen MR) is 80.8 cm³/mol. The van der Waals surface area contributed by atoms with Crippen molar-refractivity contribution >= 4 is 0 Å². The van der Waals surface area contributed by atoms with Crippen molar-refractivity contribution in [3.63, 3.8) is 0 Å². The molecule has 0 aliphatic heterocycles. The first kappa shape index (κ1) is 16.2. The molecule has 0 spiro atoms. The van der Waals surface area contributed by atoms with Gasteiger partial charge in [-0.1, -0.05) is 51.2 Å². The molecule has 108 valence electrons. The van der Waals surface area contributed by atoms with Crippen LogP contribution in [0.2, 0.25) is 0 Å². The van der Waals surface area contributed by atoms with Crippen LogP contribution in [-0.2, 0) is 0 Å². The fourth-order valence-electron chi connectivity index (χ4n) is 2.44. The molecule has 0 aliphatic rings. The molecule has 1 nitrogen and oxygen atoms in total. The first-order chi connectivity index (χ1) is 9.13. The van der Waals surface area contributed by atoms with Crippen LogP contribution in [0.1, 0.15) is 70.9 Å².